The topological polar surface area (TPSA) is 80.9 Å². The van der Waals surface area contributed by atoms with E-state index in [-0.39, 0.29) is 5.56 Å². The molecule has 0 atom stereocenters. The molecule has 0 aliphatic heterocycles. The first-order valence-electron chi connectivity index (χ1n) is 9.00. The fourth-order valence-corrected chi connectivity index (χ4v) is 3.77. The molecule has 7 heteroatoms. The van der Waals surface area contributed by atoms with Crippen molar-refractivity contribution in [3.8, 4) is 17.1 Å². The molecule has 4 rings (SSSR count). The van der Waals surface area contributed by atoms with Gasteiger partial charge in [-0.1, -0.05) is 41.6 Å². The number of aromatic nitrogens is 4. The zero-order valence-corrected chi connectivity index (χ0v) is 16.5. The molecular weight excluding hydrogens is 384 g/mol. The molecule has 1 N–H and O–H groups in total. The number of rotatable bonds is 6. The Morgan fingerprint density at radius 1 is 1.03 bits per heavy atom. The Morgan fingerprint density at radius 3 is 2.45 bits per heavy atom. The molecule has 0 saturated carbocycles. The van der Waals surface area contributed by atoms with Crippen molar-refractivity contribution in [2.45, 2.75) is 17.8 Å². The van der Waals surface area contributed by atoms with Crippen LogP contribution in [0, 0.1) is 6.92 Å². The molecule has 4 aromatic rings. The zero-order valence-electron chi connectivity index (χ0n) is 15.7. The van der Waals surface area contributed by atoms with Crippen molar-refractivity contribution >= 4 is 17.7 Å². The van der Waals surface area contributed by atoms with Gasteiger partial charge >= 0.3 is 5.97 Å². The molecule has 0 amide bonds. The van der Waals surface area contributed by atoms with Gasteiger partial charge in [-0.2, -0.15) is 0 Å². The van der Waals surface area contributed by atoms with E-state index in [2.05, 4.69) is 34.2 Å². The van der Waals surface area contributed by atoms with Crippen LogP contribution in [0.5, 0.6) is 0 Å². The number of carbonyl (C=O) groups is 1. The number of aryl methyl sites for hydroxylation is 1. The summed E-state index contributed by atoms with van der Waals surface area (Å²) in [5.74, 6) is 0.451. The number of hydrogen-bond donors (Lipinski definition) is 1. The first-order valence-corrected chi connectivity index (χ1v) is 9.98. The van der Waals surface area contributed by atoms with E-state index in [1.165, 1.54) is 5.56 Å². The van der Waals surface area contributed by atoms with Crippen molar-refractivity contribution in [1.29, 1.82) is 0 Å². The minimum Gasteiger partial charge on any atom is -0.478 e. The van der Waals surface area contributed by atoms with Gasteiger partial charge in [0.25, 0.3) is 0 Å². The number of nitrogens with zero attached hydrogens (tertiary/aromatic N) is 4. The van der Waals surface area contributed by atoms with E-state index in [0.29, 0.717) is 5.75 Å². The highest BCUT2D eigenvalue weighted by molar-refractivity contribution is 7.98. The van der Waals surface area contributed by atoms with Crippen molar-refractivity contribution in [3.05, 3.63) is 89.7 Å². The maximum absolute atomic E-state index is 11.0. The van der Waals surface area contributed by atoms with Gasteiger partial charge in [-0.05, 0) is 48.9 Å². The molecule has 0 spiro atoms. The van der Waals surface area contributed by atoms with Crippen molar-refractivity contribution < 1.29 is 9.90 Å². The zero-order chi connectivity index (χ0) is 20.2. The van der Waals surface area contributed by atoms with Crippen molar-refractivity contribution in [2.24, 2.45) is 0 Å². The molecule has 29 heavy (non-hydrogen) atoms. The Hall–Kier alpha value is -3.45. The monoisotopic (exact) mass is 402 g/mol. The lowest BCUT2D eigenvalue weighted by atomic mass is 10.1. The molecule has 0 unspecified atom stereocenters. The van der Waals surface area contributed by atoms with Gasteiger partial charge in [0, 0.05) is 29.4 Å². The third-order valence-corrected chi connectivity index (χ3v) is 5.41. The number of hydrogen-bond acceptors (Lipinski definition) is 5. The maximum Gasteiger partial charge on any atom is 0.335 e. The van der Waals surface area contributed by atoms with Gasteiger partial charge in [0.15, 0.2) is 11.0 Å². The van der Waals surface area contributed by atoms with E-state index in [9.17, 15) is 4.79 Å². The molecule has 0 bridgehead atoms. The van der Waals surface area contributed by atoms with E-state index in [1.807, 2.05) is 41.0 Å². The predicted molar refractivity (Wildman–Crippen MR) is 112 cm³/mol. The number of carboxylic acids is 1. The van der Waals surface area contributed by atoms with E-state index in [1.54, 1.807) is 36.3 Å². The Bertz CT molecular complexity index is 1120. The van der Waals surface area contributed by atoms with Crippen molar-refractivity contribution in [1.82, 2.24) is 19.7 Å². The molecule has 144 valence electrons. The van der Waals surface area contributed by atoms with Gasteiger partial charge < -0.3 is 5.11 Å². The van der Waals surface area contributed by atoms with Gasteiger partial charge in [0.1, 0.15) is 0 Å². The molecule has 0 radical (unpaired) electrons. The summed E-state index contributed by atoms with van der Waals surface area (Å²) in [6.07, 6.45) is 3.50. The van der Waals surface area contributed by atoms with Crippen molar-refractivity contribution in [3.63, 3.8) is 0 Å². The summed E-state index contributed by atoms with van der Waals surface area (Å²) in [4.78, 5) is 15.2. The SMILES string of the molecule is Cc1ccc(-n2c(SCc3ccc(C(=O)O)cc3)nnc2-c2cccnc2)cc1. The molecule has 0 fully saturated rings. The molecule has 2 aromatic carbocycles. The van der Waals surface area contributed by atoms with Gasteiger partial charge in [0.2, 0.25) is 0 Å². The third kappa shape index (κ3) is 4.20. The fourth-order valence-electron chi connectivity index (χ4n) is 2.86. The van der Waals surface area contributed by atoms with Gasteiger partial charge in [-0.15, -0.1) is 10.2 Å². The molecule has 2 heterocycles. The lowest BCUT2D eigenvalue weighted by Crippen LogP contribution is -2.00. The summed E-state index contributed by atoms with van der Waals surface area (Å²) >= 11 is 1.55. The quantitative estimate of drug-likeness (QED) is 0.474. The van der Waals surface area contributed by atoms with E-state index < -0.39 is 5.97 Å². The van der Waals surface area contributed by atoms with E-state index >= 15 is 0 Å². The molecular formula is C22H18N4O2S. The van der Waals surface area contributed by atoms with Crippen LogP contribution >= 0.6 is 11.8 Å². The highest BCUT2D eigenvalue weighted by Crippen LogP contribution is 2.29. The molecule has 2 aromatic heterocycles. The Kier molecular flexibility index (Phi) is 5.39. The number of aromatic carboxylic acids is 1. The molecule has 6 nitrogen and oxygen atoms in total. The first-order chi connectivity index (χ1) is 14.1. The number of pyridine rings is 1. The van der Waals surface area contributed by atoms with Gasteiger partial charge in [-0.25, -0.2) is 4.79 Å². The molecule has 0 saturated heterocycles. The highest BCUT2D eigenvalue weighted by atomic mass is 32.2. The van der Waals surface area contributed by atoms with Crippen LogP contribution in [0.2, 0.25) is 0 Å². The van der Waals surface area contributed by atoms with Crippen LogP contribution in [-0.4, -0.2) is 30.8 Å². The van der Waals surface area contributed by atoms with E-state index in [4.69, 9.17) is 5.11 Å². The largest absolute Gasteiger partial charge is 0.478 e. The predicted octanol–water partition coefficient (Wildman–Crippen LogP) is 4.63. The van der Waals surface area contributed by atoms with Crippen LogP contribution in [-0.2, 0) is 5.75 Å². The summed E-state index contributed by atoms with van der Waals surface area (Å²) in [6, 6.07) is 18.9. The average molecular weight is 402 g/mol. The number of benzene rings is 2. The van der Waals surface area contributed by atoms with Crippen LogP contribution in [0.1, 0.15) is 21.5 Å². The van der Waals surface area contributed by atoms with Crippen LogP contribution in [0.25, 0.3) is 17.1 Å². The second kappa shape index (κ2) is 8.28. The van der Waals surface area contributed by atoms with Gasteiger partial charge in [0.05, 0.1) is 5.56 Å². The highest BCUT2D eigenvalue weighted by Gasteiger charge is 2.16. The summed E-state index contributed by atoms with van der Waals surface area (Å²) in [7, 11) is 0. The van der Waals surface area contributed by atoms with Crippen LogP contribution in [0.15, 0.2) is 78.2 Å². The average Bonchev–Trinajstić information content (AvgIpc) is 3.17. The summed E-state index contributed by atoms with van der Waals surface area (Å²) in [5, 5.41) is 18.6. The molecule has 0 aliphatic rings. The second-order valence-corrected chi connectivity index (χ2v) is 7.45. The minimum absolute atomic E-state index is 0.278. The smallest absolute Gasteiger partial charge is 0.335 e. The molecule has 0 aliphatic carbocycles. The Morgan fingerprint density at radius 2 is 1.79 bits per heavy atom. The third-order valence-electron chi connectivity index (χ3n) is 4.41. The summed E-state index contributed by atoms with van der Waals surface area (Å²) in [6.45, 7) is 2.05. The Balaban J connectivity index is 1.67. The lowest BCUT2D eigenvalue weighted by Gasteiger charge is -2.11. The number of thioether (sulfide) groups is 1. The van der Waals surface area contributed by atoms with Crippen molar-refractivity contribution in [2.75, 3.05) is 0 Å². The maximum atomic E-state index is 11.0. The normalized spacial score (nSPS) is 10.8. The Labute approximate surface area is 172 Å². The minimum atomic E-state index is -0.926. The lowest BCUT2D eigenvalue weighted by molar-refractivity contribution is 0.0697. The van der Waals surface area contributed by atoms with E-state index in [0.717, 1.165) is 27.8 Å². The fraction of sp³-hybridized carbons (Fsp3) is 0.0909. The standard InChI is InChI=1S/C22H18N4O2S/c1-15-4-10-19(11-5-15)26-20(18-3-2-12-23-13-18)24-25-22(26)29-14-16-6-8-17(9-7-16)21(27)28/h2-13H,14H2,1H3,(H,27,28). The summed E-state index contributed by atoms with van der Waals surface area (Å²) < 4.78 is 2.02. The van der Waals surface area contributed by atoms with Crippen LogP contribution in [0.4, 0.5) is 0 Å². The summed E-state index contributed by atoms with van der Waals surface area (Å²) in [5.41, 5.74) is 4.33. The number of carboxylic acid groups (broad SMARTS) is 1. The van der Waals surface area contributed by atoms with Crippen LogP contribution in [0.3, 0.4) is 0 Å². The first kappa shape index (κ1) is 18.9. The van der Waals surface area contributed by atoms with Crippen LogP contribution < -0.4 is 0 Å². The van der Waals surface area contributed by atoms with Gasteiger partial charge in [-0.3, -0.25) is 9.55 Å². The second-order valence-electron chi connectivity index (χ2n) is 6.51.